The molecule has 0 saturated carbocycles. The molecule has 2 heterocycles. The van der Waals surface area contributed by atoms with Crippen molar-refractivity contribution in [2.75, 3.05) is 7.11 Å². The third-order valence-corrected chi connectivity index (χ3v) is 6.82. The van der Waals surface area contributed by atoms with Crippen molar-refractivity contribution in [3.05, 3.63) is 95.4 Å². The highest BCUT2D eigenvalue weighted by Crippen LogP contribution is 2.34. The molecule has 10 heteroatoms. The summed E-state index contributed by atoms with van der Waals surface area (Å²) in [6.45, 7) is 0. The lowest BCUT2D eigenvalue weighted by molar-refractivity contribution is -0.137. The Morgan fingerprint density at radius 1 is 1.03 bits per heavy atom. The Morgan fingerprint density at radius 2 is 1.76 bits per heavy atom. The van der Waals surface area contributed by atoms with Crippen LogP contribution in [-0.4, -0.2) is 30.5 Å². The summed E-state index contributed by atoms with van der Waals surface area (Å²) in [4.78, 5) is 16.0. The van der Waals surface area contributed by atoms with Crippen LogP contribution in [0.5, 0.6) is 0 Å². The molecule has 33 heavy (non-hydrogen) atoms. The molecule has 0 atom stereocenters. The van der Waals surface area contributed by atoms with Crippen molar-refractivity contribution in [1.82, 2.24) is 8.96 Å². The Labute approximate surface area is 187 Å². The molecular weight excluding hydrogens is 457 g/mol. The van der Waals surface area contributed by atoms with Gasteiger partial charge in [-0.2, -0.15) is 13.2 Å². The van der Waals surface area contributed by atoms with Crippen molar-refractivity contribution in [3.8, 4) is 0 Å². The predicted molar refractivity (Wildman–Crippen MR) is 114 cm³/mol. The van der Waals surface area contributed by atoms with E-state index in [1.54, 1.807) is 18.2 Å². The monoisotopic (exact) mass is 474 g/mol. The van der Waals surface area contributed by atoms with Gasteiger partial charge in [0.05, 0.1) is 28.6 Å². The van der Waals surface area contributed by atoms with Gasteiger partial charge >= 0.3 is 12.1 Å². The van der Waals surface area contributed by atoms with Crippen LogP contribution in [0.1, 0.15) is 27.3 Å². The van der Waals surface area contributed by atoms with E-state index in [0.29, 0.717) is 5.69 Å². The number of pyridine rings is 1. The number of carbonyl (C=O) groups excluding carboxylic acids is 1. The van der Waals surface area contributed by atoms with E-state index in [2.05, 4.69) is 4.98 Å². The average Bonchev–Trinajstić information content (AvgIpc) is 3.16. The van der Waals surface area contributed by atoms with Crippen LogP contribution in [0.15, 0.2) is 77.8 Å². The van der Waals surface area contributed by atoms with Gasteiger partial charge in [-0.3, -0.25) is 4.98 Å². The van der Waals surface area contributed by atoms with E-state index in [-0.39, 0.29) is 33.5 Å². The highest BCUT2D eigenvalue weighted by Gasteiger charge is 2.32. The van der Waals surface area contributed by atoms with Gasteiger partial charge in [0.25, 0.3) is 10.0 Å². The van der Waals surface area contributed by atoms with Gasteiger partial charge in [-0.25, -0.2) is 17.2 Å². The van der Waals surface area contributed by atoms with Crippen LogP contribution in [-0.2, 0) is 27.4 Å². The molecule has 0 aliphatic rings. The Morgan fingerprint density at radius 3 is 2.42 bits per heavy atom. The number of carbonyl (C=O) groups is 1. The Bertz CT molecular complexity index is 1450. The van der Waals surface area contributed by atoms with E-state index in [4.69, 9.17) is 4.74 Å². The van der Waals surface area contributed by atoms with E-state index in [1.165, 1.54) is 43.6 Å². The molecule has 0 bridgehead atoms. The van der Waals surface area contributed by atoms with Crippen LogP contribution in [0.3, 0.4) is 0 Å². The van der Waals surface area contributed by atoms with E-state index < -0.39 is 27.7 Å². The molecule has 0 aliphatic heterocycles. The molecule has 0 aliphatic carbocycles. The first-order chi connectivity index (χ1) is 15.6. The van der Waals surface area contributed by atoms with Crippen molar-refractivity contribution in [2.24, 2.45) is 0 Å². The SMILES string of the molecule is COC(=O)c1ccnc(Cc2cc3cc(C(F)(F)F)ccc3n2S(=O)(=O)c2ccccc2)c1. The van der Waals surface area contributed by atoms with Gasteiger partial charge in [0.15, 0.2) is 0 Å². The van der Waals surface area contributed by atoms with Crippen molar-refractivity contribution in [3.63, 3.8) is 0 Å². The van der Waals surface area contributed by atoms with E-state index in [1.807, 2.05) is 0 Å². The van der Waals surface area contributed by atoms with Crippen molar-refractivity contribution < 1.29 is 31.1 Å². The second kappa shape index (κ2) is 8.36. The molecule has 170 valence electrons. The molecule has 4 rings (SSSR count). The fraction of sp³-hybridized carbons (Fsp3) is 0.130. The van der Waals surface area contributed by atoms with E-state index in [0.717, 1.165) is 22.2 Å². The first kappa shape index (κ1) is 22.5. The zero-order valence-corrected chi connectivity index (χ0v) is 18.0. The van der Waals surface area contributed by atoms with Gasteiger partial charge in [-0.15, -0.1) is 0 Å². The van der Waals surface area contributed by atoms with E-state index >= 15 is 0 Å². The summed E-state index contributed by atoms with van der Waals surface area (Å²) < 4.78 is 72.4. The van der Waals surface area contributed by atoms with Crippen molar-refractivity contribution in [1.29, 1.82) is 0 Å². The minimum atomic E-state index is -4.58. The number of ether oxygens (including phenoxy) is 1. The van der Waals surface area contributed by atoms with Gasteiger partial charge in [-0.05, 0) is 48.5 Å². The van der Waals surface area contributed by atoms with Crippen LogP contribution in [0.4, 0.5) is 13.2 Å². The lowest BCUT2D eigenvalue weighted by atomic mass is 10.1. The number of hydrogen-bond acceptors (Lipinski definition) is 5. The number of rotatable bonds is 5. The highest BCUT2D eigenvalue weighted by atomic mass is 32.2. The van der Waals surface area contributed by atoms with Gasteiger partial charge in [-0.1, -0.05) is 18.2 Å². The lowest BCUT2D eigenvalue weighted by Gasteiger charge is -2.13. The first-order valence-corrected chi connectivity index (χ1v) is 11.1. The van der Waals surface area contributed by atoms with E-state index in [9.17, 15) is 26.4 Å². The zero-order chi connectivity index (χ0) is 23.8. The lowest BCUT2D eigenvalue weighted by Crippen LogP contribution is -2.16. The normalized spacial score (nSPS) is 12.1. The number of alkyl halides is 3. The molecule has 6 nitrogen and oxygen atoms in total. The zero-order valence-electron chi connectivity index (χ0n) is 17.2. The molecule has 0 fully saturated rings. The van der Waals surface area contributed by atoms with Gasteiger partial charge < -0.3 is 4.74 Å². The van der Waals surface area contributed by atoms with Crippen LogP contribution in [0, 0.1) is 0 Å². The molecule has 2 aromatic carbocycles. The molecular formula is C23H17F3N2O4S. The Kier molecular flexibility index (Phi) is 5.71. The fourth-order valence-corrected chi connectivity index (χ4v) is 5.10. The molecule has 4 aromatic rings. The number of hydrogen-bond donors (Lipinski definition) is 0. The maximum absolute atomic E-state index is 13.5. The quantitative estimate of drug-likeness (QED) is 0.393. The summed E-state index contributed by atoms with van der Waals surface area (Å²) >= 11 is 0. The second-order valence-corrected chi connectivity index (χ2v) is 8.98. The summed E-state index contributed by atoms with van der Waals surface area (Å²) in [5.41, 5.74) is -0.0213. The smallest absolute Gasteiger partial charge is 0.416 e. The molecule has 0 radical (unpaired) electrons. The van der Waals surface area contributed by atoms with Gasteiger partial charge in [0, 0.05) is 29.4 Å². The summed E-state index contributed by atoms with van der Waals surface area (Å²) in [5, 5.41) is 0.114. The third-order valence-electron chi connectivity index (χ3n) is 5.04. The number of esters is 1. The largest absolute Gasteiger partial charge is 0.465 e. The number of halogens is 3. The third kappa shape index (κ3) is 4.34. The van der Waals surface area contributed by atoms with Crippen LogP contribution in [0.25, 0.3) is 10.9 Å². The number of methoxy groups -OCH3 is 1. The maximum atomic E-state index is 13.5. The van der Waals surface area contributed by atoms with Crippen molar-refractivity contribution >= 4 is 26.9 Å². The molecule has 0 saturated heterocycles. The second-order valence-electron chi connectivity index (χ2n) is 7.19. The topological polar surface area (TPSA) is 78.3 Å². The van der Waals surface area contributed by atoms with Crippen LogP contribution < -0.4 is 0 Å². The molecule has 0 spiro atoms. The van der Waals surface area contributed by atoms with Crippen molar-refractivity contribution in [2.45, 2.75) is 17.5 Å². The summed E-state index contributed by atoms with van der Waals surface area (Å²) in [5.74, 6) is -0.592. The molecule has 2 aromatic heterocycles. The summed E-state index contributed by atoms with van der Waals surface area (Å²) in [7, 11) is -2.91. The Balaban J connectivity index is 1.91. The molecule has 0 amide bonds. The number of fused-ring (bicyclic) bond motifs is 1. The standard InChI is InChI=1S/C23H17F3N2O4S/c1-32-22(29)15-9-10-27-18(12-15)14-19-13-16-11-17(23(24,25)26)7-8-21(16)28(19)33(30,31)20-5-3-2-4-6-20/h2-13H,14H2,1H3. The predicted octanol–water partition coefficient (Wildman–Crippen LogP) is 4.67. The minimum absolute atomic E-state index is 0.0140. The minimum Gasteiger partial charge on any atom is -0.465 e. The van der Waals surface area contributed by atoms with Crippen LogP contribution in [0.2, 0.25) is 0 Å². The number of aromatic nitrogens is 2. The Hall–Kier alpha value is -3.66. The van der Waals surface area contributed by atoms with Gasteiger partial charge in [0.1, 0.15) is 0 Å². The first-order valence-electron chi connectivity index (χ1n) is 9.67. The fourth-order valence-electron chi connectivity index (χ4n) is 3.53. The maximum Gasteiger partial charge on any atom is 0.416 e. The number of benzene rings is 2. The summed E-state index contributed by atoms with van der Waals surface area (Å²) in [6.07, 6.45) is -3.25. The van der Waals surface area contributed by atoms with Crippen LogP contribution >= 0.6 is 0 Å². The number of nitrogens with zero attached hydrogens (tertiary/aromatic N) is 2. The average molecular weight is 474 g/mol. The molecule has 0 unspecified atom stereocenters. The highest BCUT2D eigenvalue weighted by molar-refractivity contribution is 7.90. The molecule has 0 N–H and O–H groups in total. The van der Waals surface area contributed by atoms with Gasteiger partial charge in [0.2, 0.25) is 0 Å². The summed E-state index contributed by atoms with van der Waals surface area (Å²) in [6, 6.07) is 14.8.